The molecule has 1 heterocycles. The number of carbonyl (C=O) groups excluding carboxylic acids is 1. The van der Waals surface area contributed by atoms with Gasteiger partial charge < -0.3 is 9.47 Å². The van der Waals surface area contributed by atoms with Crippen LogP contribution in [0.3, 0.4) is 0 Å². The molecule has 1 aliphatic heterocycles. The minimum absolute atomic E-state index is 0.00333. The Morgan fingerprint density at radius 2 is 2.04 bits per heavy atom. The molecule has 0 spiro atoms. The van der Waals surface area contributed by atoms with Gasteiger partial charge in [0, 0.05) is 10.6 Å². The number of ether oxygens (including phenoxy) is 2. The molecule has 2 unspecified atom stereocenters. The van der Waals surface area contributed by atoms with E-state index in [-0.39, 0.29) is 5.75 Å². The molecule has 24 heavy (non-hydrogen) atoms. The SMILES string of the molecule is Cc1cc2c(c(C)c1Cl)C=C(C(=O)OC(C)ON)C(C(F)(F)F)O2. The van der Waals surface area contributed by atoms with Gasteiger partial charge in [0.25, 0.3) is 0 Å². The zero-order valence-electron chi connectivity index (χ0n) is 13.0. The van der Waals surface area contributed by atoms with Crippen molar-refractivity contribution in [2.45, 2.75) is 39.3 Å². The first-order valence-electron chi connectivity index (χ1n) is 6.87. The Morgan fingerprint density at radius 3 is 2.58 bits per heavy atom. The molecule has 0 fully saturated rings. The summed E-state index contributed by atoms with van der Waals surface area (Å²) in [5.74, 6) is 3.60. The van der Waals surface area contributed by atoms with Gasteiger partial charge in [-0.25, -0.2) is 10.7 Å². The molecular weight excluding hydrogens is 351 g/mol. The van der Waals surface area contributed by atoms with Crippen LogP contribution in [-0.2, 0) is 14.4 Å². The summed E-state index contributed by atoms with van der Waals surface area (Å²) < 4.78 is 49.6. The van der Waals surface area contributed by atoms with Crippen LogP contribution in [0.25, 0.3) is 6.08 Å². The molecule has 0 amide bonds. The summed E-state index contributed by atoms with van der Waals surface area (Å²) >= 11 is 6.12. The molecule has 0 aliphatic carbocycles. The second-order valence-electron chi connectivity index (χ2n) is 5.29. The molecule has 5 nitrogen and oxygen atoms in total. The maximum Gasteiger partial charge on any atom is 0.430 e. The largest absolute Gasteiger partial charge is 0.475 e. The van der Waals surface area contributed by atoms with Crippen LogP contribution in [0.5, 0.6) is 5.75 Å². The van der Waals surface area contributed by atoms with E-state index in [2.05, 4.69) is 4.84 Å². The maximum absolute atomic E-state index is 13.3. The van der Waals surface area contributed by atoms with Crippen molar-refractivity contribution in [3.8, 4) is 5.75 Å². The smallest absolute Gasteiger partial charge is 0.430 e. The molecule has 2 rings (SSSR count). The lowest BCUT2D eigenvalue weighted by Crippen LogP contribution is -2.41. The number of hydrogen-bond donors (Lipinski definition) is 1. The minimum atomic E-state index is -4.81. The summed E-state index contributed by atoms with van der Waals surface area (Å²) in [7, 11) is 0. The molecule has 1 aromatic carbocycles. The second kappa shape index (κ2) is 6.62. The third kappa shape index (κ3) is 3.50. The van der Waals surface area contributed by atoms with Gasteiger partial charge in [0.1, 0.15) is 5.75 Å². The van der Waals surface area contributed by atoms with Crippen LogP contribution >= 0.6 is 11.6 Å². The van der Waals surface area contributed by atoms with Crippen molar-refractivity contribution in [2.24, 2.45) is 5.90 Å². The standard InChI is InChI=1S/C15H15ClF3NO4/c1-6-4-11-9(7(2)12(6)16)5-10(13(23-11)15(17,18)19)14(21)22-8(3)24-20/h4-5,8,13H,20H2,1-3H3. The van der Waals surface area contributed by atoms with E-state index in [9.17, 15) is 18.0 Å². The molecule has 0 radical (unpaired) electrons. The Bertz CT molecular complexity index is 703. The number of nitrogens with two attached hydrogens (primary N) is 1. The van der Waals surface area contributed by atoms with Crippen LogP contribution in [0, 0.1) is 13.8 Å². The van der Waals surface area contributed by atoms with Crippen molar-refractivity contribution in [1.82, 2.24) is 0 Å². The molecule has 0 saturated heterocycles. The zero-order chi connectivity index (χ0) is 18.2. The Hall–Kier alpha value is -1.77. The van der Waals surface area contributed by atoms with Crippen LogP contribution in [-0.4, -0.2) is 24.5 Å². The van der Waals surface area contributed by atoms with E-state index in [1.165, 1.54) is 13.0 Å². The van der Waals surface area contributed by atoms with Crippen LogP contribution < -0.4 is 10.6 Å². The van der Waals surface area contributed by atoms with E-state index in [1.54, 1.807) is 13.8 Å². The molecule has 2 N–H and O–H groups in total. The minimum Gasteiger partial charge on any atom is -0.475 e. The van der Waals surface area contributed by atoms with Crippen molar-refractivity contribution >= 4 is 23.6 Å². The van der Waals surface area contributed by atoms with Crippen LogP contribution in [0.4, 0.5) is 13.2 Å². The van der Waals surface area contributed by atoms with Crippen molar-refractivity contribution < 1.29 is 32.3 Å². The van der Waals surface area contributed by atoms with E-state index in [4.69, 9.17) is 27.0 Å². The molecule has 0 saturated carbocycles. The van der Waals surface area contributed by atoms with Crippen LogP contribution in [0.1, 0.15) is 23.6 Å². The number of esters is 1. The van der Waals surface area contributed by atoms with Gasteiger partial charge >= 0.3 is 12.1 Å². The van der Waals surface area contributed by atoms with E-state index >= 15 is 0 Å². The molecule has 1 aliphatic rings. The van der Waals surface area contributed by atoms with Gasteiger partial charge in [-0.05, 0) is 44.0 Å². The monoisotopic (exact) mass is 365 g/mol. The first-order valence-corrected chi connectivity index (χ1v) is 7.25. The number of carbonyl (C=O) groups is 1. The molecule has 2 atom stereocenters. The normalized spacial score (nSPS) is 18.3. The van der Waals surface area contributed by atoms with Gasteiger partial charge in [-0.2, -0.15) is 13.2 Å². The van der Waals surface area contributed by atoms with Gasteiger partial charge in [-0.15, -0.1) is 0 Å². The number of aryl methyl sites for hydroxylation is 1. The van der Waals surface area contributed by atoms with Crippen LogP contribution in [0.2, 0.25) is 5.02 Å². The highest BCUT2D eigenvalue weighted by molar-refractivity contribution is 6.32. The number of fused-ring (bicyclic) bond motifs is 1. The first-order chi connectivity index (χ1) is 11.1. The highest BCUT2D eigenvalue weighted by atomic mass is 35.5. The predicted molar refractivity (Wildman–Crippen MR) is 80.2 cm³/mol. The predicted octanol–water partition coefficient (Wildman–Crippen LogP) is 3.44. The Labute approximate surface area is 141 Å². The summed E-state index contributed by atoms with van der Waals surface area (Å²) in [5.41, 5.74) is 0.653. The average Bonchev–Trinajstić information content (AvgIpc) is 2.50. The molecule has 0 aromatic heterocycles. The summed E-state index contributed by atoms with van der Waals surface area (Å²) in [6.45, 7) is 4.54. The Kier molecular flexibility index (Phi) is 5.12. The fourth-order valence-corrected chi connectivity index (χ4v) is 2.45. The molecule has 1 aromatic rings. The Morgan fingerprint density at radius 1 is 1.42 bits per heavy atom. The average molecular weight is 366 g/mol. The van der Waals surface area contributed by atoms with E-state index < -0.39 is 30.1 Å². The lowest BCUT2D eigenvalue weighted by molar-refractivity contribution is -0.194. The summed E-state index contributed by atoms with van der Waals surface area (Å²) in [6.07, 6.45) is -7.40. The molecular formula is C15H15ClF3NO4. The van der Waals surface area contributed by atoms with Gasteiger partial charge in [0.2, 0.25) is 12.4 Å². The van der Waals surface area contributed by atoms with Gasteiger partial charge in [-0.3, -0.25) is 4.84 Å². The van der Waals surface area contributed by atoms with Gasteiger partial charge in [-0.1, -0.05) is 11.6 Å². The van der Waals surface area contributed by atoms with Crippen molar-refractivity contribution in [2.75, 3.05) is 0 Å². The van der Waals surface area contributed by atoms with Crippen LogP contribution in [0.15, 0.2) is 11.6 Å². The van der Waals surface area contributed by atoms with E-state index in [0.29, 0.717) is 21.7 Å². The third-order valence-electron chi connectivity index (χ3n) is 3.52. The molecule has 9 heteroatoms. The topological polar surface area (TPSA) is 70.8 Å². The zero-order valence-corrected chi connectivity index (χ0v) is 13.8. The highest BCUT2D eigenvalue weighted by Crippen LogP contribution is 2.41. The first kappa shape index (κ1) is 18.6. The van der Waals surface area contributed by atoms with Crippen molar-refractivity contribution in [3.05, 3.63) is 33.4 Å². The number of halogens is 4. The number of benzene rings is 1. The van der Waals surface area contributed by atoms with Crippen molar-refractivity contribution in [3.63, 3.8) is 0 Å². The molecule has 132 valence electrons. The molecule has 0 bridgehead atoms. The summed E-state index contributed by atoms with van der Waals surface area (Å²) in [5, 5.41) is 0.380. The number of alkyl halides is 3. The quantitative estimate of drug-likeness (QED) is 0.504. The highest BCUT2D eigenvalue weighted by Gasteiger charge is 2.49. The van der Waals surface area contributed by atoms with E-state index in [0.717, 1.165) is 6.08 Å². The summed E-state index contributed by atoms with van der Waals surface area (Å²) in [6, 6.07) is 1.40. The third-order valence-corrected chi connectivity index (χ3v) is 4.10. The van der Waals surface area contributed by atoms with Gasteiger partial charge in [0.15, 0.2) is 0 Å². The maximum atomic E-state index is 13.3. The summed E-state index contributed by atoms with van der Waals surface area (Å²) in [4.78, 5) is 16.3. The Balaban J connectivity index is 2.55. The lowest BCUT2D eigenvalue weighted by atomic mass is 9.96. The van der Waals surface area contributed by atoms with Gasteiger partial charge in [0.05, 0.1) is 5.57 Å². The van der Waals surface area contributed by atoms with Crippen molar-refractivity contribution in [1.29, 1.82) is 0 Å². The lowest BCUT2D eigenvalue weighted by Gasteiger charge is -2.29. The fourth-order valence-electron chi connectivity index (χ4n) is 2.29. The fraction of sp³-hybridized carbons (Fsp3) is 0.400. The number of rotatable bonds is 3. The second-order valence-corrected chi connectivity index (χ2v) is 5.67. The number of hydrogen-bond acceptors (Lipinski definition) is 5. The van der Waals surface area contributed by atoms with E-state index in [1.807, 2.05) is 0 Å².